The molecule has 2 aromatic rings. The molecule has 1 unspecified atom stereocenters. The molecular weight excluding hydrogens is 324 g/mol. The monoisotopic (exact) mass is 334 g/mol. The van der Waals surface area contributed by atoms with Crippen LogP contribution in [0.2, 0.25) is 10.0 Å². The summed E-state index contributed by atoms with van der Waals surface area (Å²) in [5.74, 6) is 3.42. The third kappa shape index (κ3) is 3.68. The average Bonchev–Trinajstić information content (AvgIpc) is 2.44. The summed E-state index contributed by atoms with van der Waals surface area (Å²) in [5.41, 5.74) is 3.05. The Kier molecular flexibility index (Phi) is 5.11. The van der Waals surface area contributed by atoms with Crippen molar-refractivity contribution in [3.05, 3.63) is 69.0 Å². The van der Waals surface area contributed by atoms with Crippen molar-refractivity contribution in [2.75, 3.05) is 0 Å². The number of nitrogens with one attached hydrogen (secondary N) is 1. The largest absolute Gasteiger partial charge is 0.271 e. The second kappa shape index (κ2) is 6.66. The van der Waals surface area contributed by atoms with Crippen LogP contribution in [-0.2, 0) is 6.42 Å². The van der Waals surface area contributed by atoms with Gasteiger partial charge in [-0.3, -0.25) is 11.3 Å². The first-order chi connectivity index (χ1) is 9.92. The molecule has 2 rings (SSSR count). The zero-order chi connectivity index (χ0) is 15.6. The maximum absolute atomic E-state index is 13.9. The van der Waals surface area contributed by atoms with Crippen LogP contribution in [0.25, 0.3) is 0 Å². The summed E-state index contributed by atoms with van der Waals surface area (Å²) in [5, 5.41) is -0.358. The van der Waals surface area contributed by atoms with Crippen LogP contribution < -0.4 is 11.3 Å². The Morgan fingerprint density at radius 2 is 1.62 bits per heavy atom. The van der Waals surface area contributed by atoms with Gasteiger partial charge < -0.3 is 0 Å². The molecule has 2 nitrogen and oxygen atoms in total. The Labute approximate surface area is 129 Å². The van der Waals surface area contributed by atoms with Crippen molar-refractivity contribution in [3.63, 3.8) is 0 Å². The highest BCUT2D eigenvalue weighted by atomic mass is 35.5. The second-order valence-electron chi connectivity index (χ2n) is 4.46. The molecule has 0 aliphatic rings. The first-order valence-corrected chi connectivity index (χ1v) is 6.72. The molecule has 1 atom stereocenters. The van der Waals surface area contributed by atoms with E-state index in [1.54, 1.807) is 0 Å². The van der Waals surface area contributed by atoms with Crippen LogP contribution in [-0.4, -0.2) is 0 Å². The number of halogens is 5. The van der Waals surface area contributed by atoms with E-state index in [9.17, 15) is 13.2 Å². The molecule has 0 aliphatic heterocycles. The maximum Gasteiger partial charge on any atom is 0.142 e. The SMILES string of the molecule is NNC(Cc1ccc(F)c(Cl)c1)c1cc(F)c(Cl)cc1F. The van der Waals surface area contributed by atoms with Crippen molar-refractivity contribution in [1.29, 1.82) is 0 Å². The quantitative estimate of drug-likeness (QED) is 0.500. The van der Waals surface area contributed by atoms with Crippen molar-refractivity contribution in [1.82, 2.24) is 5.43 Å². The normalized spacial score (nSPS) is 12.5. The summed E-state index contributed by atoms with van der Waals surface area (Å²) in [6, 6.07) is 5.26. The number of nitrogens with two attached hydrogens (primary N) is 1. The third-order valence-corrected chi connectivity index (χ3v) is 3.62. The van der Waals surface area contributed by atoms with Crippen molar-refractivity contribution < 1.29 is 13.2 Å². The Bertz CT molecular complexity index is 665. The van der Waals surface area contributed by atoms with Crippen LogP contribution in [0.15, 0.2) is 30.3 Å². The van der Waals surface area contributed by atoms with Gasteiger partial charge in [-0.2, -0.15) is 0 Å². The van der Waals surface area contributed by atoms with Crippen molar-refractivity contribution in [2.45, 2.75) is 12.5 Å². The molecule has 0 amide bonds. The molecular formula is C14H11Cl2F3N2. The minimum absolute atomic E-state index is 0.0276. The van der Waals surface area contributed by atoms with Gasteiger partial charge in [0.2, 0.25) is 0 Å². The van der Waals surface area contributed by atoms with Crippen molar-refractivity contribution >= 4 is 23.2 Å². The minimum Gasteiger partial charge on any atom is -0.271 e. The van der Waals surface area contributed by atoms with Gasteiger partial charge in [0.25, 0.3) is 0 Å². The highest BCUT2D eigenvalue weighted by Crippen LogP contribution is 2.27. The number of benzene rings is 2. The molecule has 0 heterocycles. The smallest absolute Gasteiger partial charge is 0.142 e. The van der Waals surface area contributed by atoms with E-state index in [1.165, 1.54) is 18.2 Å². The van der Waals surface area contributed by atoms with Gasteiger partial charge in [-0.25, -0.2) is 13.2 Å². The van der Waals surface area contributed by atoms with E-state index < -0.39 is 23.5 Å². The molecule has 0 saturated carbocycles. The topological polar surface area (TPSA) is 38.0 Å². The van der Waals surface area contributed by atoms with Crippen LogP contribution in [0.3, 0.4) is 0 Å². The number of hydrogen-bond donors (Lipinski definition) is 2. The van der Waals surface area contributed by atoms with Crippen LogP contribution in [0, 0.1) is 17.5 Å². The van der Waals surface area contributed by atoms with E-state index in [0.29, 0.717) is 5.56 Å². The van der Waals surface area contributed by atoms with E-state index in [4.69, 9.17) is 29.0 Å². The Morgan fingerprint density at radius 1 is 0.952 bits per heavy atom. The summed E-state index contributed by atoms with van der Waals surface area (Å²) in [7, 11) is 0. The van der Waals surface area contributed by atoms with Crippen LogP contribution in [0.5, 0.6) is 0 Å². The van der Waals surface area contributed by atoms with E-state index in [-0.39, 0.29) is 22.0 Å². The molecule has 0 spiro atoms. The summed E-state index contributed by atoms with van der Waals surface area (Å²) in [4.78, 5) is 0. The zero-order valence-electron chi connectivity index (χ0n) is 10.6. The summed E-state index contributed by atoms with van der Waals surface area (Å²) < 4.78 is 40.5. The van der Waals surface area contributed by atoms with E-state index >= 15 is 0 Å². The molecule has 0 aromatic heterocycles. The Hall–Kier alpha value is -1.27. The number of rotatable bonds is 4. The second-order valence-corrected chi connectivity index (χ2v) is 5.27. The molecule has 21 heavy (non-hydrogen) atoms. The van der Waals surface area contributed by atoms with Gasteiger partial charge in [-0.05, 0) is 36.2 Å². The molecule has 0 bridgehead atoms. The summed E-state index contributed by atoms with van der Waals surface area (Å²) >= 11 is 11.2. The molecule has 112 valence electrons. The van der Waals surface area contributed by atoms with Crippen LogP contribution in [0.1, 0.15) is 17.2 Å². The summed E-state index contributed by atoms with van der Waals surface area (Å²) in [6.07, 6.45) is 0.203. The van der Waals surface area contributed by atoms with Crippen molar-refractivity contribution in [2.24, 2.45) is 5.84 Å². The first kappa shape index (κ1) is 16.1. The van der Waals surface area contributed by atoms with Gasteiger partial charge in [-0.15, -0.1) is 0 Å². The predicted molar refractivity (Wildman–Crippen MR) is 76.5 cm³/mol. The lowest BCUT2D eigenvalue weighted by Crippen LogP contribution is -2.30. The zero-order valence-corrected chi connectivity index (χ0v) is 12.2. The highest BCUT2D eigenvalue weighted by molar-refractivity contribution is 6.31. The predicted octanol–water partition coefficient (Wildman–Crippen LogP) is 4.16. The maximum atomic E-state index is 13.9. The first-order valence-electron chi connectivity index (χ1n) is 5.97. The lowest BCUT2D eigenvalue weighted by atomic mass is 9.98. The van der Waals surface area contributed by atoms with Crippen LogP contribution in [0.4, 0.5) is 13.2 Å². The molecule has 0 fully saturated rings. The van der Waals surface area contributed by atoms with E-state index in [0.717, 1.165) is 12.1 Å². The minimum atomic E-state index is -0.745. The molecule has 0 saturated heterocycles. The number of hydrogen-bond acceptors (Lipinski definition) is 2. The lowest BCUT2D eigenvalue weighted by molar-refractivity contribution is 0.502. The molecule has 2 aromatic carbocycles. The van der Waals surface area contributed by atoms with Gasteiger partial charge in [0.1, 0.15) is 17.5 Å². The van der Waals surface area contributed by atoms with Gasteiger partial charge in [0.05, 0.1) is 16.1 Å². The van der Waals surface area contributed by atoms with E-state index in [2.05, 4.69) is 5.43 Å². The highest BCUT2D eigenvalue weighted by Gasteiger charge is 2.18. The fraction of sp³-hybridized carbons (Fsp3) is 0.143. The van der Waals surface area contributed by atoms with Crippen LogP contribution >= 0.6 is 23.2 Å². The van der Waals surface area contributed by atoms with E-state index in [1.807, 2.05) is 0 Å². The molecule has 7 heteroatoms. The molecule has 0 radical (unpaired) electrons. The standard InChI is InChI=1S/C14H11Cl2F3N2/c15-9-3-7(1-2-11(9)17)4-14(21-20)8-5-13(19)10(16)6-12(8)18/h1-3,5-6,14,21H,4,20H2. The Balaban J connectivity index is 2.31. The van der Waals surface area contributed by atoms with Gasteiger partial charge >= 0.3 is 0 Å². The van der Waals surface area contributed by atoms with Gasteiger partial charge in [0.15, 0.2) is 0 Å². The lowest BCUT2D eigenvalue weighted by Gasteiger charge is -2.18. The molecule has 0 aliphatic carbocycles. The summed E-state index contributed by atoms with van der Waals surface area (Å²) in [6.45, 7) is 0. The average molecular weight is 335 g/mol. The molecule has 3 N–H and O–H groups in total. The third-order valence-electron chi connectivity index (χ3n) is 3.04. The number of hydrazine groups is 1. The fourth-order valence-corrected chi connectivity index (χ4v) is 2.32. The fourth-order valence-electron chi connectivity index (χ4n) is 1.97. The van der Waals surface area contributed by atoms with Gasteiger partial charge in [-0.1, -0.05) is 29.3 Å². The van der Waals surface area contributed by atoms with Crippen molar-refractivity contribution in [3.8, 4) is 0 Å². The van der Waals surface area contributed by atoms with Gasteiger partial charge in [0, 0.05) is 5.56 Å². The Morgan fingerprint density at radius 3 is 2.24 bits per heavy atom.